The van der Waals surface area contributed by atoms with Crippen molar-refractivity contribution < 1.29 is 17.9 Å². The van der Waals surface area contributed by atoms with Crippen LogP contribution in [0.3, 0.4) is 0 Å². The Kier molecular flexibility index (Phi) is 3.89. The summed E-state index contributed by atoms with van der Waals surface area (Å²) >= 11 is 0. The van der Waals surface area contributed by atoms with Gasteiger partial charge in [-0.25, -0.2) is 8.42 Å². The second-order valence-electron chi connectivity index (χ2n) is 4.74. The van der Waals surface area contributed by atoms with E-state index in [0.29, 0.717) is 11.4 Å². The predicted molar refractivity (Wildman–Crippen MR) is 76.4 cm³/mol. The average Bonchev–Trinajstić information content (AvgIpc) is 2.45. The molecule has 0 aliphatic carbocycles. The van der Waals surface area contributed by atoms with E-state index in [-0.39, 0.29) is 18.2 Å². The highest BCUT2D eigenvalue weighted by Gasteiger charge is 2.36. The van der Waals surface area contributed by atoms with Crippen LogP contribution in [0.1, 0.15) is 6.92 Å². The Balaban J connectivity index is 2.44. The molecule has 7 heteroatoms. The maximum atomic E-state index is 12.2. The van der Waals surface area contributed by atoms with E-state index in [4.69, 9.17) is 4.74 Å². The largest absolute Gasteiger partial charge is 0.476 e. The highest BCUT2D eigenvalue weighted by atomic mass is 32.2. The molecule has 0 N–H and O–H groups in total. The summed E-state index contributed by atoms with van der Waals surface area (Å²) in [6, 6.07) is 6.84. The third-order valence-corrected chi connectivity index (χ3v) is 4.90. The van der Waals surface area contributed by atoms with Crippen LogP contribution in [-0.2, 0) is 14.8 Å². The van der Waals surface area contributed by atoms with E-state index in [9.17, 15) is 13.2 Å². The van der Waals surface area contributed by atoms with Crippen LogP contribution in [-0.4, -0.2) is 51.7 Å². The van der Waals surface area contributed by atoms with Crippen LogP contribution < -0.4 is 9.04 Å². The minimum Gasteiger partial charge on any atom is -0.476 e. The van der Waals surface area contributed by atoms with Crippen molar-refractivity contribution in [1.82, 2.24) is 4.90 Å². The predicted octanol–water partition coefficient (Wildman–Crippen LogP) is 0.692. The van der Waals surface area contributed by atoms with Crippen LogP contribution in [0.2, 0.25) is 0 Å². The molecule has 0 aromatic heterocycles. The van der Waals surface area contributed by atoms with Crippen molar-refractivity contribution in [1.29, 1.82) is 0 Å². The van der Waals surface area contributed by atoms with Crippen molar-refractivity contribution in [3.8, 4) is 5.75 Å². The number of ether oxygens (including phenoxy) is 1. The van der Waals surface area contributed by atoms with Gasteiger partial charge in [0.1, 0.15) is 5.75 Å². The van der Waals surface area contributed by atoms with Crippen LogP contribution in [0.15, 0.2) is 24.3 Å². The molecule has 1 atom stereocenters. The second-order valence-corrected chi connectivity index (χ2v) is 6.92. The van der Waals surface area contributed by atoms with E-state index in [1.54, 1.807) is 45.3 Å². The molecule has 6 nitrogen and oxygen atoms in total. The second kappa shape index (κ2) is 5.32. The van der Waals surface area contributed by atoms with Crippen LogP contribution in [0.25, 0.3) is 0 Å². The van der Waals surface area contributed by atoms with Crippen LogP contribution in [0.5, 0.6) is 5.75 Å². The van der Waals surface area contributed by atoms with Gasteiger partial charge in [-0.2, -0.15) is 0 Å². The van der Waals surface area contributed by atoms with Gasteiger partial charge in [0.05, 0.1) is 18.0 Å². The molecule has 1 amide bonds. The molecular weight excluding hydrogens is 280 g/mol. The zero-order valence-corrected chi connectivity index (χ0v) is 12.6. The van der Waals surface area contributed by atoms with Gasteiger partial charge in [-0.05, 0) is 19.1 Å². The highest BCUT2D eigenvalue weighted by molar-refractivity contribution is 7.92. The number of fused-ring (bicyclic) bond motifs is 1. The first kappa shape index (κ1) is 14.6. The zero-order valence-electron chi connectivity index (χ0n) is 11.7. The molecule has 0 saturated heterocycles. The van der Waals surface area contributed by atoms with E-state index < -0.39 is 16.1 Å². The van der Waals surface area contributed by atoms with E-state index >= 15 is 0 Å². The normalized spacial score (nSPS) is 18.1. The van der Waals surface area contributed by atoms with Gasteiger partial charge in [-0.3, -0.25) is 9.10 Å². The summed E-state index contributed by atoms with van der Waals surface area (Å²) in [6.45, 7) is 1.58. The molecule has 1 aromatic carbocycles. The number of nitrogens with zero attached hydrogens (tertiary/aromatic N) is 2. The molecule has 20 heavy (non-hydrogen) atoms. The standard InChI is InChI=1S/C13H18N2O4S/c1-4-20(17,18)15-9-12(13(16)14(2)3)19-11-8-6-5-7-10(11)15/h5-8,12H,4,9H2,1-3H3. The zero-order chi connectivity index (χ0) is 14.9. The van der Waals surface area contributed by atoms with E-state index in [2.05, 4.69) is 0 Å². The number of carbonyl (C=O) groups excluding carboxylic acids is 1. The number of sulfonamides is 1. The first-order chi connectivity index (χ1) is 9.36. The maximum absolute atomic E-state index is 12.2. The number of anilines is 1. The van der Waals surface area contributed by atoms with Crippen molar-refractivity contribution in [3.63, 3.8) is 0 Å². The summed E-state index contributed by atoms with van der Waals surface area (Å²) in [5.41, 5.74) is 0.483. The number of rotatable bonds is 3. The molecular formula is C13H18N2O4S. The maximum Gasteiger partial charge on any atom is 0.265 e. The van der Waals surface area contributed by atoms with Crippen LogP contribution >= 0.6 is 0 Å². The smallest absolute Gasteiger partial charge is 0.265 e. The molecule has 1 aromatic rings. The number of carbonyl (C=O) groups is 1. The summed E-state index contributed by atoms with van der Waals surface area (Å²) in [5.74, 6) is 0.135. The Labute approximate surface area is 119 Å². The molecule has 1 aliphatic heterocycles. The number of para-hydroxylation sites is 2. The fourth-order valence-corrected chi connectivity index (χ4v) is 3.16. The van der Waals surface area contributed by atoms with Gasteiger partial charge in [-0.15, -0.1) is 0 Å². The minimum absolute atomic E-state index is 0.00417. The van der Waals surface area contributed by atoms with Gasteiger partial charge >= 0.3 is 0 Å². The van der Waals surface area contributed by atoms with Gasteiger partial charge in [0.15, 0.2) is 6.10 Å². The van der Waals surface area contributed by atoms with Crippen molar-refractivity contribution >= 4 is 21.6 Å². The van der Waals surface area contributed by atoms with Crippen molar-refractivity contribution in [3.05, 3.63) is 24.3 Å². The Hall–Kier alpha value is -1.76. The third-order valence-electron chi connectivity index (χ3n) is 3.15. The van der Waals surface area contributed by atoms with Gasteiger partial charge in [0.2, 0.25) is 10.0 Å². The Morgan fingerprint density at radius 2 is 2.05 bits per heavy atom. The summed E-state index contributed by atoms with van der Waals surface area (Å²) < 4.78 is 31.3. The molecule has 0 bridgehead atoms. The molecule has 1 heterocycles. The molecule has 2 rings (SSSR count). The van der Waals surface area contributed by atoms with Crippen LogP contribution in [0, 0.1) is 0 Å². The summed E-state index contributed by atoms with van der Waals surface area (Å²) in [7, 11) is -0.212. The molecule has 0 saturated carbocycles. The lowest BCUT2D eigenvalue weighted by Crippen LogP contribution is -2.50. The quantitative estimate of drug-likeness (QED) is 0.823. The number of benzene rings is 1. The first-order valence-electron chi connectivity index (χ1n) is 6.34. The Bertz CT molecular complexity index is 613. The summed E-state index contributed by atoms with van der Waals surface area (Å²) in [6.07, 6.45) is -0.818. The fourth-order valence-electron chi connectivity index (χ4n) is 2.04. The highest BCUT2D eigenvalue weighted by Crippen LogP contribution is 2.35. The molecule has 1 aliphatic rings. The molecule has 0 spiro atoms. The van der Waals surface area contributed by atoms with E-state index in [0.717, 1.165) is 0 Å². The lowest BCUT2D eigenvalue weighted by atomic mass is 10.2. The molecule has 1 unspecified atom stereocenters. The van der Waals surface area contributed by atoms with E-state index in [1.165, 1.54) is 9.21 Å². The Morgan fingerprint density at radius 1 is 1.40 bits per heavy atom. The van der Waals surface area contributed by atoms with Crippen molar-refractivity contribution in [2.75, 3.05) is 30.7 Å². The topological polar surface area (TPSA) is 66.9 Å². The Morgan fingerprint density at radius 3 is 2.65 bits per heavy atom. The lowest BCUT2D eigenvalue weighted by molar-refractivity contribution is -0.135. The fraction of sp³-hybridized carbons (Fsp3) is 0.462. The minimum atomic E-state index is -3.44. The van der Waals surface area contributed by atoms with Crippen molar-refractivity contribution in [2.24, 2.45) is 0 Å². The number of likely N-dealkylation sites (N-methyl/N-ethyl adjacent to an activating group) is 1. The SMILES string of the molecule is CCS(=O)(=O)N1CC(C(=O)N(C)C)Oc2ccccc21. The van der Waals surface area contributed by atoms with Crippen LogP contribution in [0.4, 0.5) is 5.69 Å². The number of hydrogen-bond acceptors (Lipinski definition) is 4. The van der Waals surface area contributed by atoms with Gasteiger partial charge in [-0.1, -0.05) is 12.1 Å². The number of hydrogen-bond donors (Lipinski definition) is 0. The average molecular weight is 298 g/mol. The van der Waals surface area contributed by atoms with Gasteiger partial charge in [0.25, 0.3) is 5.91 Å². The van der Waals surface area contributed by atoms with Gasteiger partial charge < -0.3 is 9.64 Å². The third kappa shape index (κ3) is 2.58. The number of amides is 1. The van der Waals surface area contributed by atoms with Crippen molar-refractivity contribution in [2.45, 2.75) is 13.0 Å². The van der Waals surface area contributed by atoms with E-state index in [1.807, 2.05) is 0 Å². The monoisotopic (exact) mass is 298 g/mol. The van der Waals surface area contributed by atoms with Gasteiger partial charge in [0, 0.05) is 14.1 Å². The molecule has 110 valence electrons. The summed E-state index contributed by atoms with van der Waals surface area (Å²) in [5, 5.41) is 0. The first-order valence-corrected chi connectivity index (χ1v) is 7.95. The summed E-state index contributed by atoms with van der Waals surface area (Å²) in [4.78, 5) is 13.4. The molecule has 0 radical (unpaired) electrons. The lowest BCUT2D eigenvalue weighted by Gasteiger charge is -2.35. The molecule has 0 fully saturated rings.